The molecular weight excluding hydrogens is 487 g/mol. The molecule has 0 bridgehead atoms. The molecule has 0 atom stereocenters. The van der Waals surface area contributed by atoms with Crippen molar-refractivity contribution in [3.8, 4) is 0 Å². The first kappa shape index (κ1) is 26.6. The first-order chi connectivity index (χ1) is 19.0. The highest BCUT2D eigenvalue weighted by atomic mass is 31.1. The van der Waals surface area contributed by atoms with Gasteiger partial charge in [0.1, 0.15) is 0 Å². The van der Waals surface area contributed by atoms with E-state index in [0.717, 1.165) is 0 Å². The van der Waals surface area contributed by atoms with Gasteiger partial charge in [0.2, 0.25) is 0 Å². The van der Waals surface area contributed by atoms with Gasteiger partial charge in [-0.25, -0.2) is 0 Å². The van der Waals surface area contributed by atoms with Crippen molar-refractivity contribution in [3.05, 3.63) is 161 Å². The van der Waals surface area contributed by atoms with Crippen molar-refractivity contribution in [3.63, 3.8) is 0 Å². The van der Waals surface area contributed by atoms with Crippen LogP contribution < -0.4 is 15.9 Å². The maximum atomic E-state index is 2.33. The van der Waals surface area contributed by atoms with Gasteiger partial charge < -0.3 is 0 Å². The van der Waals surface area contributed by atoms with Crippen molar-refractivity contribution in [2.24, 2.45) is 0 Å². The molecule has 0 spiro atoms. The lowest BCUT2D eigenvalue weighted by Gasteiger charge is -2.23. The quantitative estimate of drug-likeness (QED) is 0.148. The summed E-state index contributed by atoms with van der Waals surface area (Å²) in [5, 5.41) is 4.09. The molecule has 5 aromatic rings. The van der Waals surface area contributed by atoms with E-state index in [1.54, 1.807) is 0 Å². The highest BCUT2D eigenvalue weighted by Gasteiger charge is 2.19. The van der Waals surface area contributed by atoms with Gasteiger partial charge in [-0.05, 0) is 57.1 Å². The Morgan fingerprint density at radius 3 is 1.03 bits per heavy atom. The molecule has 0 fully saturated rings. The van der Waals surface area contributed by atoms with Gasteiger partial charge >= 0.3 is 0 Å². The Kier molecular flexibility index (Phi) is 8.36. The number of rotatable bonds is 7. The molecule has 0 radical (unpaired) electrons. The van der Waals surface area contributed by atoms with Crippen LogP contribution in [0, 0.1) is 0 Å². The minimum absolute atomic E-state index is 0.140. The van der Waals surface area contributed by atoms with E-state index in [9.17, 15) is 0 Å². The molecule has 5 aromatic carbocycles. The van der Waals surface area contributed by atoms with Crippen LogP contribution in [0.4, 0.5) is 0 Å². The fraction of sp³-hybridized carbons (Fsp3) is 0.105. The van der Waals surface area contributed by atoms with Crippen LogP contribution in [0.15, 0.2) is 133 Å². The summed E-state index contributed by atoms with van der Waals surface area (Å²) in [6.45, 7) is 6.82. The lowest BCUT2D eigenvalue weighted by Crippen LogP contribution is -2.21. The minimum Gasteiger partial charge on any atom is -0.0622 e. The lowest BCUT2D eigenvalue weighted by molar-refractivity contribution is 0.590. The molecule has 0 aliphatic heterocycles. The Morgan fingerprint density at radius 1 is 0.385 bits per heavy atom. The molecular formula is C38H35P. The second-order valence-corrected chi connectivity index (χ2v) is 13.0. The summed E-state index contributed by atoms with van der Waals surface area (Å²) < 4.78 is 0. The predicted molar refractivity (Wildman–Crippen MR) is 175 cm³/mol. The Morgan fingerprint density at radius 2 is 0.692 bits per heavy atom. The van der Waals surface area contributed by atoms with Crippen molar-refractivity contribution in [2.45, 2.75) is 26.2 Å². The van der Waals surface area contributed by atoms with Crippen LogP contribution in [0.1, 0.15) is 48.6 Å². The standard InChI is InChI=1S/C38H35P/c1-38(2,3)34-22-28-37(29-23-34)39(35-24-18-32(19-25-35)16-14-30-10-6-4-7-11-30)36-26-20-33(21-27-36)17-15-31-12-8-5-9-13-31/h4-29H,1-3H3/b16-14+,17-15+. The summed E-state index contributed by atoms with van der Waals surface area (Å²) in [7, 11) is -0.673. The fourth-order valence-electron chi connectivity index (χ4n) is 4.54. The van der Waals surface area contributed by atoms with Crippen molar-refractivity contribution in [1.82, 2.24) is 0 Å². The summed E-state index contributed by atoms with van der Waals surface area (Å²) >= 11 is 0. The monoisotopic (exact) mass is 522 g/mol. The van der Waals surface area contributed by atoms with E-state index >= 15 is 0 Å². The second-order valence-electron chi connectivity index (χ2n) is 10.8. The van der Waals surface area contributed by atoms with Crippen LogP contribution in [-0.4, -0.2) is 0 Å². The molecule has 1 heteroatoms. The van der Waals surface area contributed by atoms with E-state index in [1.165, 1.54) is 43.7 Å². The van der Waals surface area contributed by atoms with Gasteiger partial charge in [-0.15, -0.1) is 0 Å². The zero-order valence-corrected chi connectivity index (χ0v) is 23.9. The number of hydrogen-bond donors (Lipinski definition) is 0. The van der Waals surface area contributed by atoms with Crippen molar-refractivity contribution < 1.29 is 0 Å². The van der Waals surface area contributed by atoms with Crippen LogP contribution in [-0.2, 0) is 5.41 Å². The molecule has 0 saturated heterocycles. The Bertz CT molecular complexity index is 1430. The van der Waals surface area contributed by atoms with Gasteiger partial charge in [-0.1, -0.05) is 179 Å². The van der Waals surface area contributed by atoms with Crippen molar-refractivity contribution >= 4 is 48.1 Å². The first-order valence-electron chi connectivity index (χ1n) is 13.5. The zero-order valence-electron chi connectivity index (χ0n) is 23.0. The fourth-order valence-corrected chi connectivity index (χ4v) is 6.78. The summed E-state index contributed by atoms with van der Waals surface area (Å²) in [5.74, 6) is 0. The van der Waals surface area contributed by atoms with Gasteiger partial charge in [-0.2, -0.15) is 0 Å². The van der Waals surface area contributed by atoms with E-state index in [1.807, 2.05) is 0 Å². The Balaban J connectivity index is 1.45. The van der Waals surface area contributed by atoms with Gasteiger partial charge in [0.05, 0.1) is 0 Å². The van der Waals surface area contributed by atoms with Gasteiger partial charge in [0.25, 0.3) is 0 Å². The normalized spacial score (nSPS) is 12.0. The third-order valence-corrected chi connectivity index (χ3v) is 9.27. The van der Waals surface area contributed by atoms with Gasteiger partial charge in [0.15, 0.2) is 0 Å². The van der Waals surface area contributed by atoms with E-state index in [0.29, 0.717) is 0 Å². The predicted octanol–water partition coefficient (Wildman–Crippen LogP) is 9.08. The van der Waals surface area contributed by atoms with Crippen LogP contribution in [0.3, 0.4) is 0 Å². The molecule has 0 aliphatic carbocycles. The smallest absolute Gasteiger partial charge is 0.0132 e. The largest absolute Gasteiger partial charge is 0.0622 e. The maximum absolute atomic E-state index is 2.33. The van der Waals surface area contributed by atoms with Gasteiger partial charge in [-0.3, -0.25) is 0 Å². The number of hydrogen-bond acceptors (Lipinski definition) is 0. The summed E-state index contributed by atoms with van der Waals surface area (Å²) in [4.78, 5) is 0. The van der Waals surface area contributed by atoms with E-state index in [4.69, 9.17) is 0 Å². The van der Waals surface area contributed by atoms with E-state index in [-0.39, 0.29) is 5.41 Å². The highest BCUT2D eigenvalue weighted by molar-refractivity contribution is 7.79. The summed E-state index contributed by atoms with van der Waals surface area (Å²) in [6.07, 6.45) is 8.72. The molecule has 39 heavy (non-hydrogen) atoms. The van der Waals surface area contributed by atoms with Crippen LogP contribution in [0.5, 0.6) is 0 Å². The van der Waals surface area contributed by atoms with E-state index < -0.39 is 7.92 Å². The Hall–Kier alpha value is -3.99. The minimum atomic E-state index is -0.673. The topological polar surface area (TPSA) is 0 Å². The molecule has 0 aliphatic rings. The first-order valence-corrected chi connectivity index (χ1v) is 14.9. The molecule has 0 N–H and O–H groups in total. The van der Waals surface area contributed by atoms with Crippen molar-refractivity contribution in [2.75, 3.05) is 0 Å². The zero-order chi connectivity index (χ0) is 27.1. The summed E-state index contributed by atoms with van der Waals surface area (Å²) in [5.41, 5.74) is 6.35. The molecule has 0 saturated carbocycles. The average Bonchev–Trinajstić information content (AvgIpc) is 2.97. The molecule has 192 valence electrons. The number of benzene rings is 5. The average molecular weight is 523 g/mol. The van der Waals surface area contributed by atoms with Gasteiger partial charge in [0, 0.05) is 0 Å². The molecule has 0 nitrogen and oxygen atoms in total. The maximum Gasteiger partial charge on any atom is -0.0132 e. The highest BCUT2D eigenvalue weighted by Crippen LogP contribution is 2.34. The molecule has 0 aromatic heterocycles. The third-order valence-electron chi connectivity index (χ3n) is 6.83. The third kappa shape index (κ3) is 7.11. The Labute approximate surface area is 235 Å². The van der Waals surface area contributed by atoms with Crippen LogP contribution in [0.2, 0.25) is 0 Å². The molecule has 0 heterocycles. The summed E-state index contributed by atoms with van der Waals surface area (Å²) in [6, 6.07) is 48.4. The van der Waals surface area contributed by atoms with E-state index in [2.05, 4.69) is 179 Å². The SMILES string of the molecule is CC(C)(C)c1ccc(P(c2ccc(/C=C/c3ccccc3)cc2)c2ccc(/C=C/c3ccccc3)cc2)cc1. The molecule has 0 amide bonds. The molecule has 5 rings (SSSR count). The van der Waals surface area contributed by atoms with Crippen molar-refractivity contribution in [1.29, 1.82) is 0 Å². The second kappa shape index (κ2) is 12.2. The van der Waals surface area contributed by atoms with Crippen LogP contribution >= 0.6 is 7.92 Å². The molecule has 0 unspecified atom stereocenters. The van der Waals surface area contributed by atoms with Crippen LogP contribution in [0.25, 0.3) is 24.3 Å². The lowest BCUT2D eigenvalue weighted by atomic mass is 9.87.